The van der Waals surface area contributed by atoms with E-state index in [0.29, 0.717) is 6.54 Å². The van der Waals surface area contributed by atoms with Crippen LogP contribution in [0, 0.1) is 0 Å². The van der Waals surface area contributed by atoms with Crippen LogP contribution in [0.15, 0.2) is 18.3 Å². The van der Waals surface area contributed by atoms with Crippen molar-refractivity contribution in [2.24, 2.45) is 5.73 Å². The smallest absolute Gasteiger partial charge is 0.235 e. The van der Waals surface area contributed by atoms with Crippen LogP contribution in [0.1, 0.15) is 31.2 Å². The van der Waals surface area contributed by atoms with E-state index >= 15 is 0 Å². The van der Waals surface area contributed by atoms with Gasteiger partial charge in [0, 0.05) is 18.7 Å². The largest absolute Gasteiger partial charge is 0.326 e. The first-order chi connectivity index (χ1) is 9.19. The van der Waals surface area contributed by atoms with Crippen molar-refractivity contribution in [1.29, 1.82) is 0 Å². The van der Waals surface area contributed by atoms with Crippen molar-refractivity contribution >= 4 is 16.3 Å². The van der Waals surface area contributed by atoms with Gasteiger partial charge in [-0.05, 0) is 11.6 Å². The molecule has 0 spiro atoms. The second-order valence-electron chi connectivity index (χ2n) is 4.57. The Morgan fingerprint density at radius 2 is 2.16 bits per heavy atom. The maximum atomic E-state index is 5.56. The van der Waals surface area contributed by atoms with Crippen LogP contribution in [0.2, 0.25) is 0 Å². The highest BCUT2D eigenvalue weighted by atomic mass is 32.1. The zero-order valence-electron chi connectivity index (χ0n) is 10.7. The summed E-state index contributed by atoms with van der Waals surface area (Å²) in [7, 11) is 0. The van der Waals surface area contributed by atoms with Crippen molar-refractivity contribution in [1.82, 2.24) is 24.8 Å². The van der Waals surface area contributed by atoms with Crippen LogP contribution in [-0.2, 0) is 6.54 Å². The Morgan fingerprint density at radius 3 is 2.79 bits per heavy atom. The highest BCUT2D eigenvalue weighted by Crippen LogP contribution is 2.25. The van der Waals surface area contributed by atoms with E-state index in [9.17, 15) is 0 Å². The van der Waals surface area contributed by atoms with Gasteiger partial charge in [-0.2, -0.15) is 9.61 Å². The van der Waals surface area contributed by atoms with Gasteiger partial charge < -0.3 is 5.73 Å². The van der Waals surface area contributed by atoms with Gasteiger partial charge in [0.25, 0.3) is 0 Å². The van der Waals surface area contributed by atoms with E-state index < -0.39 is 0 Å². The van der Waals surface area contributed by atoms with Crippen molar-refractivity contribution in [3.8, 4) is 10.7 Å². The fourth-order valence-electron chi connectivity index (χ4n) is 1.77. The van der Waals surface area contributed by atoms with Gasteiger partial charge in [-0.25, -0.2) is 0 Å². The minimum absolute atomic E-state index is 0.289. The van der Waals surface area contributed by atoms with E-state index in [2.05, 4.69) is 34.1 Å². The van der Waals surface area contributed by atoms with Crippen molar-refractivity contribution in [3.63, 3.8) is 0 Å². The van der Waals surface area contributed by atoms with Gasteiger partial charge in [0.1, 0.15) is 5.69 Å². The standard InChI is InChI=1S/C12H14N6S/c1-7(2)10-15-16-12-18(10)17-11(19-12)9-4-3-8(5-13)6-14-9/h3-4,6-7H,5,13H2,1-2H3. The third-order valence-corrected chi connectivity index (χ3v) is 3.73. The third kappa shape index (κ3) is 2.11. The molecule has 98 valence electrons. The Kier molecular flexibility index (Phi) is 3.00. The Bertz CT molecular complexity index is 697. The topological polar surface area (TPSA) is 82.0 Å². The van der Waals surface area contributed by atoms with Crippen molar-refractivity contribution in [2.75, 3.05) is 0 Å². The summed E-state index contributed by atoms with van der Waals surface area (Å²) < 4.78 is 1.79. The monoisotopic (exact) mass is 274 g/mol. The van der Waals surface area contributed by atoms with E-state index in [1.165, 1.54) is 11.3 Å². The van der Waals surface area contributed by atoms with Gasteiger partial charge in [-0.3, -0.25) is 4.98 Å². The lowest BCUT2D eigenvalue weighted by molar-refractivity contribution is 0.726. The first kappa shape index (κ1) is 12.2. The lowest BCUT2D eigenvalue weighted by Crippen LogP contribution is -1.99. The number of nitrogens with zero attached hydrogens (tertiary/aromatic N) is 5. The zero-order valence-corrected chi connectivity index (χ0v) is 11.6. The number of hydrogen-bond donors (Lipinski definition) is 1. The molecule has 0 aliphatic carbocycles. The van der Waals surface area contributed by atoms with Crippen LogP contribution < -0.4 is 5.73 Å². The minimum atomic E-state index is 0.289. The number of nitrogens with two attached hydrogens (primary N) is 1. The summed E-state index contributed by atoms with van der Waals surface area (Å²) in [5.74, 6) is 1.16. The molecule has 0 amide bonds. The SMILES string of the molecule is CC(C)c1nnc2sc(-c3ccc(CN)cn3)nn12. The number of fused-ring (bicyclic) bond motifs is 1. The van der Waals surface area contributed by atoms with Crippen molar-refractivity contribution < 1.29 is 0 Å². The molecule has 3 heterocycles. The fourth-order valence-corrected chi connectivity index (χ4v) is 2.59. The van der Waals surface area contributed by atoms with Crippen LogP contribution >= 0.6 is 11.3 Å². The predicted octanol–water partition coefficient (Wildman–Crippen LogP) is 1.83. The summed E-state index contributed by atoms with van der Waals surface area (Å²) in [5, 5.41) is 13.7. The molecule has 0 aliphatic rings. The van der Waals surface area contributed by atoms with E-state index in [-0.39, 0.29) is 5.92 Å². The Balaban J connectivity index is 2.04. The number of aromatic nitrogens is 5. The molecule has 0 saturated carbocycles. The summed E-state index contributed by atoms with van der Waals surface area (Å²) >= 11 is 1.49. The molecule has 0 radical (unpaired) electrons. The molecule has 19 heavy (non-hydrogen) atoms. The van der Waals surface area contributed by atoms with Crippen LogP contribution in [0.4, 0.5) is 0 Å². The second kappa shape index (κ2) is 4.67. The lowest BCUT2D eigenvalue weighted by atomic mass is 10.2. The normalized spacial score (nSPS) is 11.6. The summed E-state index contributed by atoms with van der Waals surface area (Å²) in [5.41, 5.74) is 7.41. The molecule has 0 unspecified atom stereocenters. The van der Waals surface area contributed by atoms with Gasteiger partial charge in [0.05, 0.1) is 0 Å². The average molecular weight is 274 g/mol. The molecule has 0 aromatic carbocycles. The lowest BCUT2D eigenvalue weighted by Gasteiger charge is -1.99. The maximum Gasteiger partial charge on any atom is 0.235 e. The molecule has 6 nitrogen and oxygen atoms in total. The Hall–Kier alpha value is -1.86. The zero-order chi connectivity index (χ0) is 13.4. The van der Waals surface area contributed by atoms with Crippen LogP contribution in [0.25, 0.3) is 15.7 Å². The first-order valence-corrected chi connectivity index (χ1v) is 6.88. The summed E-state index contributed by atoms with van der Waals surface area (Å²) in [4.78, 5) is 5.17. The molecule has 3 rings (SSSR count). The summed E-state index contributed by atoms with van der Waals surface area (Å²) in [6, 6.07) is 3.90. The highest BCUT2D eigenvalue weighted by molar-refractivity contribution is 7.19. The molecule has 3 aromatic rings. The second-order valence-corrected chi connectivity index (χ2v) is 5.53. The average Bonchev–Trinajstić information content (AvgIpc) is 2.98. The minimum Gasteiger partial charge on any atom is -0.326 e. The van der Waals surface area contributed by atoms with Crippen LogP contribution in [0.5, 0.6) is 0 Å². The molecule has 2 N–H and O–H groups in total. The molecular weight excluding hydrogens is 260 g/mol. The highest BCUT2D eigenvalue weighted by Gasteiger charge is 2.15. The van der Waals surface area contributed by atoms with Gasteiger partial charge in [0.2, 0.25) is 4.96 Å². The van der Waals surface area contributed by atoms with Gasteiger partial charge in [-0.1, -0.05) is 31.3 Å². The Labute approximate surface area is 114 Å². The molecule has 0 saturated heterocycles. The molecule has 0 aliphatic heterocycles. The van der Waals surface area contributed by atoms with E-state index in [1.54, 1.807) is 10.7 Å². The number of pyridine rings is 1. The molecule has 0 fully saturated rings. The molecular formula is C12H14N6S. The number of rotatable bonds is 3. The molecule has 3 aromatic heterocycles. The third-order valence-electron chi connectivity index (χ3n) is 2.81. The van der Waals surface area contributed by atoms with Gasteiger partial charge in [-0.15, -0.1) is 10.2 Å². The van der Waals surface area contributed by atoms with Gasteiger partial charge >= 0.3 is 0 Å². The summed E-state index contributed by atoms with van der Waals surface area (Å²) in [6.07, 6.45) is 1.78. The van der Waals surface area contributed by atoms with Crippen molar-refractivity contribution in [3.05, 3.63) is 29.7 Å². The van der Waals surface area contributed by atoms with E-state index in [0.717, 1.165) is 27.1 Å². The number of hydrogen-bond acceptors (Lipinski definition) is 6. The molecule has 7 heteroatoms. The predicted molar refractivity (Wildman–Crippen MR) is 73.9 cm³/mol. The maximum absolute atomic E-state index is 5.56. The summed E-state index contributed by atoms with van der Waals surface area (Å²) in [6.45, 7) is 4.64. The van der Waals surface area contributed by atoms with E-state index in [1.807, 2.05) is 12.1 Å². The Morgan fingerprint density at radius 1 is 1.32 bits per heavy atom. The molecule has 0 bridgehead atoms. The van der Waals surface area contributed by atoms with E-state index in [4.69, 9.17) is 5.73 Å². The molecule has 0 atom stereocenters. The fraction of sp³-hybridized carbons (Fsp3) is 0.333. The quantitative estimate of drug-likeness (QED) is 0.788. The first-order valence-electron chi connectivity index (χ1n) is 6.06. The van der Waals surface area contributed by atoms with Crippen molar-refractivity contribution in [2.45, 2.75) is 26.3 Å². The van der Waals surface area contributed by atoms with Gasteiger partial charge in [0.15, 0.2) is 10.8 Å². The van der Waals surface area contributed by atoms with Crippen LogP contribution in [-0.4, -0.2) is 24.8 Å². The van der Waals surface area contributed by atoms with Crippen LogP contribution in [0.3, 0.4) is 0 Å².